The molecule has 1 aliphatic rings. The van der Waals surface area contributed by atoms with Crippen molar-refractivity contribution in [1.29, 1.82) is 0 Å². The van der Waals surface area contributed by atoms with E-state index in [1.807, 2.05) is 17.0 Å². The molecule has 6 heteroatoms. The van der Waals surface area contributed by atoms with E-state index in [0.29, 0.717) is 18.0 Å². The molecular weight excluding hydrogens is 342 g/mol. The van der Waals surface area contributed by atoms with Crippen LogP contribution in [0.15, 0.2) is 24.3 Å². The van der Waals surface area contributed by atoms with Crippen LogP contribution in [-0.2, 0) is 11.2 Å². The van der Waals surface area contributed by atoms with Gasteiger partial charge in [0.25, 0.3) is 0 Å². The lowest BCUT2D eigenvalue weighted by Gasteiger charge is -2.28. The molecule has 6 nitrogen and oxygen atoms in total. The summed E-state index contributed by atoms with van der Waals surface area (Å²) in [6, 6.07) is 7.57. The van der Waals surface area contributed by atoms with E-state index in [1.165, 1.54) is 0 Å². The highest BCUT2D eigenvalue weighted by molar-refractivity contribution is 5.87. The molecule has 1 aliphatic heterocycles. The van der Waals surface area contributed by atoms with E-state index in [9.17, 15) is 9.59 Å². The molecule has 1 unspecified atom stereocenters. The Kier molecular flexibility index (Phi) is 8.75. The van der Waals surface area contributed by atoms with Gasteiger partial charge in [-0.25, -0.2) is 4.79 Å². The summed E-state index contributed by atoms with van der Waals surface area (Å²) in [7, 11) is 0. The highest BCUT2D eigenvalue weighted by Gasteiger charge is 2.16. The summed E-state index contributed by atoms with van der Waals surface area (Å²) in [5.74, 6) is -0.617. The van der Waals surface area contributed by atoms with Crippen LogP contribution in [0.3, 0.4) is 0 Å². The van der Waals surface area contributed by atoms with Gasteiger partial charge in [0.15, 0.2) is 0 Å². The second-order valence-electron chi connectivity index (χ2n) is 7.27. The fourth-order valence-corrected chi connectivity index (χ4v) is 3.62. The Morgan fingerprint density at radius 1 is 1.26 bits per heavy atom. The lowest BCUT2D eigenvalue weighted by molar-refractivity contribution is -0.130. The van der Waals surface area contributed by atoms with E-state index < -0.39 is 5.97 Å². The van der Waals surface area contributed by atoms with Crippen molar-refractivity contribution in [3.8, 4) is 0 Å². The molecule has 2 rings (SSSR count). The van der Waals surface area contributed by atoms with Crippen LogP contribution in [0.2, 0.25) is 0 Å². The van der Waals surface area contributed by atoms with Crippen molar-refractivity contribution in [3.63, 3.8) is 0 Å². The third kappa shape index (κ3) is 6.96. The Bertz CT molecular complexity index is 603. The maximum Gasteiger partial charge on any atom is 0.335 e. The molecule has 1 heterocycles. The Hall–Kier alpha value is -1.92. The van der Waals surface area contributed by atoms with Gasteiger partial charge < -0.3 is 20.2 Å². The van der Waals surface area contributed by atoms with Crippen molar-refractivity contribution >= 4 is 11.9 Å². The number of nitrogens with one attached hydrogen (secondary N) is 1. The summed E-state index contributed by atoms with van der Waals surface area (Å²) in [4.78, 5) is 27.4. The van der Waals surface area contributed by atoms with Gasteiger partial charge in [0, 0.05) is 38.6 Å². The number of carbonyl (C=O) groups excluding carboxylic acids is 1. The number of carboxylic acids is 1. The zero-order valence-electron chi connectivity index (χ0n) is 16.6. The average Bonchev–Trinajstić information content (AvgIpc) is 2.86. The first-order valence-electron chi connectivity index (χ1n) is 10.1. The van der Waals surface area contributed by atoms with Crippen LogP contribution in [0, 0.1) is 0 Å². The Balaban J connectivity index is 1.74. The minimum absolute atomic E-state index is 0.269. The van der Waals surface area contributed by atoms with Gasteiger partial charge in [-0.1, -0.05) is 19.1 Å². The van der Waals surface area contributed by atoms with Crippen molar-refractivity contribution in [2.75, 3.05) is 39.3 Å². The number of nitrogens with zero attached hydrogens (tertiary/aromatic N) is 2. The molecule has 0 aromatic heterocycles. The highest BCUT2D eigenvalue weighted by Crippen LogP contribution is 2.12. The van der Waals surface area contributed by atoms with E-state index in [0.717, 1.165) is 64.1 Å². The van der Waals surface area contributed by atoms with Gasteiger partial charge in [0.05, 0.1) is 5.56 Å². The maximum absolute atomic E-state index is 12.0. The quantitative estimate of drug-likeness (QED) is 0.614. The van der Waals surface area contributed by atoms with E-state index in [4.69, 9.17) is 5.11 Å². The number of rotatable bonds is 10. The van der Waals surface area contributed by atoms with Gasteiger partial charge in [-0.2, -0.15) is 0 Å². The lowest BCUT2D eigenvalue weighted by atomic mass is 10.0. The van der Waals surface area contributed by atoms with E-state index >= 15 is 0 Å². The van der Waals surface area contributed by atoms with Gasteiger partial charge in [-0.05, 0) is 57.0 Å². The molecule has 1 fully saturated rings. The minimum Gasteiger partial charge on any atom is -0.478 e. The molecule has 0 spiro atoms. The normalized spacial score (nSPS) is 16.4. The number of carboxylic acid groups (broad SMARTS) is 1. The topological polar surface area (TPSA) is 72.9 Å². The number of likely N-dealkylation sites (N-methyl/N-ethyl adjacent to an activating group) is 1. The van der Waals surface area contributed by atoms with Gasteiger partial charge in [0.1, 0.15) is 0 Å². The van der Waals surface area contributed by atoms with Crippen molar-refractivity contribution in [3.05, 3.63) is 35.4 Å². The molecule has 0 aliphatic carbocycles. The number of unbranched alkanes of at least 4 members (excludes halogenated alkanes) is 1. The first-order valence-corrected chi connectivity index (χ1v) is 10.1. The molecule has 0 saturated carbocycles. The Morgan fingerprint density at radius 3 is 2.67 bits per heavy atom. The molecule has 1 aromatic rings. The predicted molar refractivity (Wildman–Crippen MR) is 107 cm³/mol. The van der Waals surface area contributed by atoms with Crippen LogP contribution >= 0.6 is 0 Å². The molecule has 1 amide bonds. The van der Waals surface area contributed by atoms with Crippen molar-refractivity contribution in [2.45, 2.75) is 45.6 Å². The third-order valence-electron chi connectivity index (χ3n) is 5.31. The van der Waals surface area contributed by atoms with E-state index in [1.54, 1.807) is 12.1 Å². The Morgan fingerprint density at radius 2 is 2.00 bits per heavy atom. The van der Waals surface area contributed by atoms with Gasteiger partial charge in [-0.3, -0.25) is 4.79 Å². The number of carbonyl (C=O) groups is 2. The second-order valence-corrected chi connectivity index (χ2v) is 7.27. The summed E-state index contributed by atoms with van der Waals surface area (Å²) in [6.07, 6.45) is 3.62. The SMILES string of the molecule is CCN(CCCCN1CCNCCC1=O)C(C)Cc1ccc(C(=O)O)cc1. The summed E-state index contributed by atoms with van der Waals surface area (Å²) in [6.45, 7) is 9.76. The predicted octanol–water partition coefficient (Wildman–Crippen LogP) is 2.24. The molecule has 27 heavy (non-hydrogen) atoms. The molecule has 1 aromatic carbocycles. The maximum atomic E-state index is 12.0. The highest BCUT2D eigenvalue weighted by atomic mass is 16.4. The monoisotopic (exact) mass is 375 g/mol. The number of benzene rings is 1. The summed E-state index contributed by atoms with van der Waals surface area (Å²) < 4.78 is 0. The molecule has 1 saturated heterocycles. The zero-order chi connectivity index (χ0) is 19.6. The first kappa shape index (κ1) is 21.4. The fourth-order valence-electron chi connectivity index (χ4n) is 3.62. The smallest absolute Gasteiger partial charge is 0.335 e. The minimum atomic E-state index is -0.886. The van der Waals surface area contributed by atoms with Gasteiger partial charge in [-0.15, -0.1) is 0 Å². The van der Waals surface area contributed by atoms with Crippen LogP contribution < -0.4 is 5.32 Å². The summed E-state index contributed by atoms with van der Waals surface area (Å²) in [5, 5.41) is 12.3. The number of amides is 1. The van der Waals surface area contributed by atoms with Crippen molar-refractivity contribution < 1.29 is 14.7 Å². The van der Waals surface area contributed by atoms with Crippen LogP contribution in [0.4, 0.5) is 0 Å². The number of hydrogen-bond donors (Lipinski definition) is 2. The first-order chi connectivity index (χ1) is 13.0. The molecule has 150 valence electrons. The van der Waals surface area contributed by atoms with Gasteiger partial charge in [0.2, 0.25) is 5.91 Å². The summed E-state index contributed by atoms with van der Waals surface area (Å²) in [5.41, 5.74) is 1.49. The van der Waals surface area contributed by atoms with Crippen molar-refractivity contribution in [2.24, 2.45) is 0 Å². The van der Waals surface area contributed by atoms with Gasteiger partial charge >= 0.3 is 5.97 Å². The fraction of sp³-hybridized carbons (Fsp3) is 0.619. The average molecular weight is 376 g/mol. The molecule has 0 radical (unpaired) electrons. The third-order valence-corrected chi connectivity index (χ3v) is 5.31. The van der Waals surface area contributed by atoms with E-state index in [2.05, 4.69) is 24.1 Å². The lowest BCUT2D eigenvalue weighted by Crippen LogP contribution is -2.36. The standard InChI is InChI=1S/C21H33N3O3/c1-3-23(13-4-5-14-24-15-12-22-11-10-20(24)25)17(2)16-18-6-8-19(9-7-18)21(26)27/h6-9,17,22H,3-5,10-16H2,1-2H3,(H,26,27). The molecule has 0 bridgehead atoms. The molecule has 2 N–H and O–H groups in total. The van der Waals surface area contributed by atoms with Crippen LogP contribution in [0.25, 0.3) is 0 Å². The van der Waals surface area contributed by atoms with Crippen LogP contribution in [0.1, 0.15) is 49.0 Å². The molecular formula is C21H33N3O3. The van der Waals surface area contributed by atoms with Crippen molar-refractivity contribution in [1.82, 2.24) is 15.1 Å². The van der Waals surface area contributed by atoms with Crippen LogP contribution in [0.5, 0.6) is 0 Å². The summed E-state index contributed by atoms with van der Waals surface area (Å²) >= 11 is 0. The Labute approximate surface area is 162 Å². The molecule has 1 atom stereocenters. The number of hydrogen-bond acceptors (Lipinski definition) is 4. The largest absolute Gasteiger partial charge is 0.478 e. The zero-order valence-corrected chi connectivity index (χ0v) is 16.6. The van der Waals surface area contributed by atoms with E-state index in [-0.39, 0.29) is 5.91 Å². The number of aromatic carboxylic acids is 1. The second kappa shape index (κ2) is 11.0. The van der Waals surface area contributed by atoms with Crippen LogP contribution in [-0.4, -0.2) is 72.1 Å².